The van der Waals surface area contributed by atoms with E-state index in [2.05, 4.69) is 5.32 Å². The first-order valence-electron chi connectivity index (χ1n) is 6.92. The summed E-state index contributed by atoms with van der Waals surface area (Å²) in [5.41, 5.74) is 0. The van der Waals surface area contributed by atoms with Crippen molar-refractivity contribution in [1.29, 1.82) is 0 Å². The Morgan fingerprint density at radius 1 is 1.25 bits per heavy atom. The van der Waals surface area contributed by atoms with Crippen LogP contribution in [0.1, 0.15) is 33.6 Å². The monoisotopic (exact) mass is 302 g/mol. The van der Waals surface area contributed by atoms with E-state index in [1.54, 1.807) is 20.8 Å². The number of rotatable bonds is 4. The number of amides is 2. The van der Waals surface area contributed by atoms with Gasteiger partial charge in [0.15, 0.2) is 9.84 Å². The molecule has 1 saturated carbocycles. The molecule has 7 heteroatoms. The van der Waals surface area contributed by atoms with Crippen molar-refractivity contribution in [3.8, 4) is 0 Å². The van der Waals surface area contributed by atoms with Crippen molar-refractivity contribution in [3.05, 3.63) is 0 Å². The van der Waals surface area contributed by atoms with Gasteiger partial charge in [0.05, 0.1) is 17.0 Å². The average molecular weight is 302 g/mol. The van der Waals surface area contributed by atoms with E-state index in [1.165, 1.54) is 4.90 Å². The first kappa shape index (κ1) is 15.3. The number of hydrogen-bond donors (Lipinski definition) is 1. The maximum atomic E-state index is 12.2. The zero-order valence-corrected chi connectivity index (χ0v) is 13.0. The molecule has 1 N–H and O–H groups in total. The molecule has 0 bridgehead atoms. The van der Waals surface area contributed by atoms with Crippen LogP contribution in [0.3, 0.4) is 0 Å². The summed E-state index contributed by atoms with van der Waals surface area (Å²) in [6, 6.07) is -0.450. The zero-order chi connectivity index (χ0) is 15.1. The Morgan fingerprint density at radius 3 is 2.35 bits per heavy atom. The molecule has 2 rings (SSSR count). The fourth-order valence-corrected chi connectivity index (χ4v) is 3.28. The third kappa shape index (κ3) is 3.13. The normalized spacial score (nSPS) is 24.8. The van der Waals surface area contributed by atoms with Gasteiger partial charge >= 0.3 is 0 Å². The Balaban J connectivity index is 2.01. The molecule has 0 aromatic carbocycles. The van der Waals surface area contributed by atoms with E-state index in [0.717, 1.165) is 12.8 Å². The second kappa shape index (κ2) is 5.02. The summed E-state index contributed by atoms with van der Waals surface area (Å²) in [6.07, 6.45) is 1.90. The van der Waals surface area contributed by atoms with Gasteiger partial charge in [0.2, 0.25) is 11.8 Å². The molecule has 0 aromatic rings. The van der Waals surface area contributed by atoms with Gasteiger partial charge < -0.3 is 10.2 Å². The molecule has 2 fully saturated rings. The second-order valence-corrected chi connectivity index (χ2v) is 9.44. The van der Waals surface area contributed by atoms with Crippen LogP contribution in [0, 0.1) is 5.92 Å². The lowest BCUT2D eigenvalue weighted by Crippen LogP contribution is -2.59. The summed E-state index contributed by atoms with van der Waals surface area (Å²) in [5.74, 6) is -0.216. The highest BCUT2D eigenvalue weighted by atomic mass is 32.2. The first-order valence-corrected chi connectivity index (χ1v) is 8.57. The van der Waals surface area contributed by atoms with Crippen LogP contribution in [0.25, 0.3) is 0 Å². The van der Waals surface area contributed by atoms with E-state index in [0.29, 0.717) is 0 Å². The number of sulfone groups is 1. The number of carbonyl (C=O) groups excluding carboxylic acids is 2. The summed E-state index contributed by atoms with van der Waals surface area (Å²) in [7, 11) is -3.29. The minimum atomic E-state index is -3.29. The number of piperazine rings is 1. The lowest BCUT2D eigenvalue weighted by Gasteiger charge is -2.33. The lowest BCUT2D eigenvalue weighted by molar-refractivity contribution is -0.144. The highest BCUT2D eigenvalue weighted by molar-refractivity contribution is 7.92. The molecule has 1 heterocycles. The van der Waals surface area contributed by atoms with E-state index in [4.69, 9.17) is 0 Å². The lowest BCUT2D eigenvalue weighted by atomic mass is 10.1. The largest absolute Gasteiger partial charge is 0.342 e. The zero-order valence-electron chi connectivity index (χ0n) is 12.2. The van der Waals surface area contributed by atoms with Gasteiger partial charge in [0, 0.05) is 6.54 Å². The molecule has 1 aliphatic carbocycles. The number of carbonyl (C=O) groups is 2. The van der Waals surface area contributed by atoms with Crippen LogP contribution in [-0.2, 0) is 19.4 Å². The van der Waals surface area contributed by atoms with Gasteiger partial charge in [-0.2, -0.15) is 0 Å². The van der Waals surface area contributed by atoms with Crippen LogP contribution in [0.4, 0.5) is 0 Å². The van der Waals surface area contributed by atoms with Crippen LogP contribution in [-0.4, -0.2) is 54.8 Å². The van der Waals surface area contributed by atoms with E-state index in [9.17, 15) is 18.0 Å². The fourth-order valence-electron chi connectivity index (χ4n) is 2.20. The fraction of sp³-hybridized carbons (Fsp3) is 0.846. The number of hydrogen-bond acceptors (Lipinski definition) is 4. The molecule has 114 valence electrons. The van der Waals surface area contributed by atoms with Crippen molar-refractivity contribution < 1.29 is 18.0 Å². The maximum Gasteiger partial charge on any atom is 0.245 e. The Labute approximate surface area is 119 Å². The van der Waals surface area contributed by atoms with E-state index in [1.807, 2.05) is 0 Å². The van der Waals surface area contributed by atoms with Crippen molar-refractivity contribution in [2.45, 2.75) is 44.4 Å². The number of nitrogens with zero attached hydrogens (tertiary/aromatic N) is 1. The van der Waals surface area contributed by atoms with E-state index >= 15 is 0 Å². The van der Waals surface area contributed by atoms with Gasteiger partial charge in [0.25, 0.3) is 0 Å². The van der Waals surface area contributed by atoms with Gasteiger partial charge in [-0.25, -0.2) is 8.42 Å². The summed E-state index contributed by atoms with van der Waals surface area (Å²) >= 11 is 0. The van der Waals surface area contributed by atoms with Gasteiger partial charge in [-0.05, 0) is 39.5 Å². The van der Waals surface area contributed by atoms with Gasteiger partial charge in [-0.15, -0.1) is 0 Å². The maximum absolute atomic E-state index is 12.2. The minimum absolute atomic E-state index is 0.0400. The summed E-state index contributed by atoms with van der Waals surface area (Å²) in [4.78, 5) is 25.2. The van der Waals surface area contributed by atoms with Crippen LogP contribution >= 0.6 is 0 Å². The predicted molar refractivity (Wildman–Crippen MR) is 74.8 cm³/mol. The van der Waals surface area contributed by atoms with E-state index in [-0.39, 0.29) is 36.6 Å². The molecule has 1 saturated heterocycles. The van der Waals surface area contributed by atoms with Gasteiger partial charge in [-0.1, -0.05) is 0 Å². The topological polar surface area (TPSA) is 83.6 Å². The second-order valence-electron chi connectivity index (χ2n) is 6.57. The predicted octanol–water partition coefficient (Wildman–Crippen LogP) is -0.0633. The van der Waals surface area contributed by atoms with Crippen molar-refractivity contribution in [1.82, 2.24) is 10.2 Å². The highest BCUT2D eigenvalue weighted by Gasteiger charge is 2.43. The SMILES string of the molecule is CC(C)(C)S(=O)(=O)CCN1CC(=O)NC(C2CC2)C1=O. The Hall–Kier alpha value is -1.11. The molecule has 1 atom stereocenters. The molecule has 0 radical (unpaired) electrons. The molecule has 1 unspecified atom stereocenters. The van der Waals surface area contributed by atoms with Crippen LogP contribution in [0.5, 0.6) is 0 Å². The molecule has 6 nitrogen and oxygen atoms in total. The van der Waals surface area contributed by atoms with Crippen molar-refractivity contribution in [2.24, 2.45) is 5.92 Å². The Morgan fingerprint density at radius 2 is 1.85 bits per heavy atom. The molecule has 0 spiro atoms. The first-order chi connectivity index (χ1) is 9.12. The molecule has 0 aromatic heterocycles. The van der Waals surface area contributed by atoms with E-state index < -0.39 is 20.6 Å². The van der Waals surface area contributed by atoms with Crippen molar-refractivity contribution >= 4 is 21.7 Å². The average Bonchev–Trinajstić information content (AvgIpc) is 3.12. The Kier molecular flexibility index (Phi) is 3.83. The number of nitrogens with one attached hydrogen (secondary N) is 1. The third-order valence-electron chi connectivity index (χ3n) is 3.89. The molecule has 1 aliphatic heterocycles. The molecule has 2 aliphatic rings. The van der Waals surface area contributed by atoms with Crippen LogP contribution in [0.2, 0.25) is 0 Å². The minimum Gasteiger partial charge on any atom is -0.342 e. The molecular formula is C13H22N2O4S. The summed E-state index contributed by atoms with van der Waals surface area (Å²) in [5, 5.41) is 2.71. The molecule has 20 heavy (non-hydrogen) atoms. The quantitative estimate of drug-likeness (QED) is 0.788. The molecular weight excluding hydrogens is 280 g/mol. The van der Waals surface area contributed by atoms with Gasteiger partial charge in [0.1, 0.15) is 6.04 Å². The standard InChI is InChI=1S/C13H22N2O4S/c1-13(2,3)20(18,19)7-6-15-8-10(16)14-11(12(15)17)9-4-5-9/h9,11H,4-8H2,1-3H3,(H,14,16). The van der Waals surface area contributed by atoms with Crippen LogP contribution in [0.15, 0.2) is 0 Å². The smallest absolute Gasteiger partial charge is 0.245 e. The third-order valence-corrected chi connectivity index (χ3v) is 6.47. The summed E-state index contributed by atoms with van der Waals surface area (Å²) in [6.45, 7) is 4.97. The Bertz CT molecular complexity index is 517. The van der Waals surface area contributed by atoms with Gasteiger partial charge in [-0.3, -0.25) is 9.59 Å². The molecule has 2 amide bonds. The van der Waals surface area contributed by atoms with Crippen molar-refractivity contribution in [2.75, 3.05) is 18.8 Å². The van der Waals surface area contributed by atoms with Crippen LogP contribution < -0.4 is 5.32 Å². The van der Waals surface area contributed by atoms with Crippen molar-refractivity contribution in [3.63, 3.8) is 0 Å². The summed E-state index contributed by atoms with van der Waals surface area (Å²) < 4.78 is 23.3. The highest BCUT2D eigenvalue weighted by Crippen LogP contribution is 2.34.